The summed E-state index contributed by atoms with van der Waals surface area (Å²) >= 11 is 6.60. The molecule has 1 amide bonds. The van der Waals surface area contributed by atoms with E-state index in [4.69, 9.17) is 4.74 Å². The molecule has 28 heavy (non-hydrogen) atoms. The van der Waals surface area contributed by atoms with Gasteiger partial charge in [-0.05, 0) is 59.8 Å². The van der Waals surface area contributed by atoms with E-state index in [1.807, 2.05) is 35.6 Å². The molecule has 1 unspecified atom stereocenters. The highest BCUT2D eigenvalue weighted by atomic mass is 127. The summed E-state index contributed by atoms with van der Waals surface area (Å²) in [7, 11) is -1.27. The molecule has 0 aliphatic carbocycles. The second-order valence-corrected chi connectivity index (χ2v) is 16.8. The highest BCUT2D eigenvalue weighted by Crippen LogP contribution is 2.45. The molecule has 2 rings (SSSR count). The highest BCUT2D eigenvalue weighted by molar-refractivity contribution is 14.1. The van der Waals surface area contributed by atoms with Crippen LogP contribution in [0.5, 0.6) is 0 Å². The van der Waals surface area contributed by atoms with Gasteiger partial charge in [0.15, 0.2) is 5.17 Å². The van der Waals surface area contributed by atoms with Crippen LogP contribution in [-0.4, -0.2) is 42.7 Å². The second-order valence-electron chi connectivity index (χ2n) is 7.75. The highest BCUT2D eigenvalue weighted by Gasteiger charge is 2.37. The Morgan fingerprint density at radius 1 is 1.46 bits per heavy atom. The monoisotopic (exact) mass is 600 g/mol. The molecule has 1 aliphatic heterocycles. The van der Waals surface area contributed by atoms with Crippen molar-refractivity contribution in [1.29, 1.82) is 0 Å². The van der Waals surface area contributed by atoms with Gasteiger partial charge < -0.3 is 9.84 Å². The lowest BCUT2D eigenvalue weighted by molar-refractivity contribution is 0.0708. The zero-order valence-corrected chi connectivity index (χ0v) is 21.7. The predicted octanol–water partition coefficient (Wildman–Crippen LogP) is 6.47. The summed E-state index contributed by atoms with van der Waals surface area (Å²) < 4.78 is 20.7. The number of halogens is 3. The smallest absolute Gasteiger partial charge is 0.415 e. The standard InChI is InChI=1S/C18H23BrFIN2O3SSi/c1-18(13-9-12(19)5-6-14(13)20)10-15(21)22-16(27-18)23(17(24)25)11-26-7-8-28(2,3)4/h5-6,9-10H,7-8,11H2,1-4H3,(H,24,25). The number of amides is 1. The van der Waals surface area contributed by atoms with Gasteiger partial charge in [-0.25, -0.2) is 19.1 Å². The fraction of sp³-hybridized carbons (Fsp3) is 0.444. The van der Waals surface area contributed by atoms with Crippen molar-refractivity contribution in [2.75, 3.05) is 13.3 Å². The summed E-state index contributed by atoms with van der Waals surface area (Å²) in [5.74, 6) is -0.354. The van der Waals surface area contributed by atoms with Crippen LogP contribution in [0.25, 0.3) is 0 Å². The number of carboxylic acid groups (broad SMARTS) is 1. The Labute approximate surface area is 192 Å². The minimum absolute atomic E-state index is 0.105. The average molecular weight is 601 g/mol. The van der Waals surface area contributed by atoms with Gasteiger partial charge in [0.1, 0.15) is 16.3 Å². The quantitative estimate of drug-likeness (QED) is 0.134. The van der Waals surface area contributed by atoms with Crippen molar-refractivity contribution in [3.05, 3.63) is 43.8 Å². The van der Waals surface area contributed by atoms with E-state index in [0.717, 1.165) is 15.4 Å². The summed E-state index contributed by atoms with van der Waals surface area (Å²) in [4.78, 5) is 17.3. The fourth-order valence-corrected chi connectivity index (χ4v) is 5.99. The Balaban J connectivity index is 2.23. The van der Waals surface area contributed by atoms with Crippen molar-refractivity contribution in [3.63, 3.8) is 0 Å². The Morgan fingerprint density at radius 3 is 2.75 bits per heavy atom. The lowest BCUT2D eigenvalue weighted by Gasteiger charge is -2.33. The number of rotatable bonds is 6. The molecule has 1 aliphatic rings. The maximum Gasteiger partial charge on any atom is 0.415 e. The average Bonchev–Trinajstić information content (AvgIpc) is 2.54. The van der Waals surface area contributed by atoms with E-state index in [9.17, 15) is 14.3 Å². The number of benzene rings is 1. The molecule has 0 bridgehead atoms. The number of carbonyl (C=O) groups is 1. The Bertz CT molecular complexity index is 819. The largest absolute Gasteiger partial charge is 0.465 e. The third-order valence-corrected chi connectivity index (χ3v) is 8.05. The van der Waals surface area contributed by atoms with E-state index in [1.165, 1.54) is 17.8 Å². The first kappa shape index (κ1) is 23.8. The summed E-state index contributed by atoms with van der Waals surface area (Å²) in [6, 6.07) is 5.68. The molecule has 1 aromatic carbocycles. The molecule has 0 fully saturated rings. The van der Waals surface area contributed by atoms with Gasteiger partial charge in [0.05, 0.1) is 4.75 Å². The van der Waals surface area contributed by atoms with Crippen LogP contribution in [0.2, 0.25) is 25.7 Å². The molecule has 0 spiro atoms. The van der Waals surface area contributed by atoms with Gasteiger partial charge in [-0.1, -0.05) is 47.3 Å². The minimum atomic E-state index is -1.27. The third kappa shape index (κ3) is 6.54. The summed E-state index contributed by atoms with van der Waals surface area (Å²) in [6.07, 6.45) is 0.681. The van der Waals surface area contributed by atoms with Crippen LogP contribution in [-0.2, 0) is 9.48 Å². The molecule has 1 N–H and O–H groups in total. The van der Waals surface area contributed by atoms with Crippen LogP contribution >= 0.6 is 50.3 Å². The van der Waals surface area contributed by atoms with Gasteiger partial charge in [-0.15, -0.1) is 0 Å². The van der Waals surface area contributed by atoms with Crippen LogP contribution in [0.3, 0.4) is 0 Å². The van der Waals surface area contributed by atoms with Crippen molar-refractivity contribution in [2.45, 2.75) is 37.4 Å². The van der Waals surface area contributed by atoms with Gasteiger partial charge in [0, 0.05) is 24.7 Å². The van der Waals surface area contributed by atoms with E-state index in [2.05, 4.69) is 40.6 Å². The summed E-state index contributed by atoms with van der Waals surface area (Å²) in [6.45, 7) is 8.95. The molecule has 1 atom stereocenters. The molecule has 1 heterocycles. The van der Waals surface area contributed by atoms with Gasteiger partial charge in [0.25, 0.3) is 0 Å². The van der Waals surface area contributed by atoms with E-state index in [-0.39, 0.29) is 17.7 Å². The normalized spacial score (nSPS) is 19.8. The number of nitrogens with zero attached hydrogens (tertiary/aromatic N) is 2. The van der Waals surface area contributed by atoms with Gasteiger partial charge in [-0.2, -0.15) is 0 Å². The molecule has 1 aromatic rings. The molecule has 0 saturated carbocycles. The number of hydrogen-bond donors (Lipinski definition) is 1. The Morgan fingerprint density at radius 2 is 2.14 bits per heavy atom. The van der Waals surface area contributed by atoms with Gasteiger partial charge >= 0.3 is 6.09 Å². The van der Waals surface area contributed by atoms with Crippen LogP contribution in [0.1, 0.15) is 12.5 Å². The van der Waals surface area contributed by atoms with Crippen molar-refractivity contribution in [3.8, 4) is 0 Å². The zero-order chi connectivity index (χ0) is 21.1. The van der Waals surface area contributed by atoms with Crippen molar-refractivity contribution >= 4 is 69.6 Å². The third-order valence-electron chi connectivity index (χ3n) is 4.04. The van der Waals surface area contributed by atoms with E-state index < -0.39 is 18.9 Å². The Hall–Kier alpha value is -0.433. The minimum Gasteiger partial charge on any atom is -0.465 e. The number of amidine groups is 1. The molecule has 10 heteroatoms. The topological polar surface area (TPSA) is 62.1 Å². The van der Waals surface area contributed by atoms with Gasteiger partial charge in [-0.3, -0.25) is 0 Å². The van der Waals surface area contributed by atoms with Crippen LogP contribution in [0.15, 0.2) is 37.4 Å². The number of thioether (sulfide) groups is 1. The maximum absolute atomic E-state index is 14.5. The predicted molar refractivity (Wildman–Crippen MR) is 127 cm³/mol. The maximum atomic E-state index is 14.5. The molecule has 5 nitrogen and oxygen atoms in total. The zero-order valence-electron chi connectivity index (χ0n) is 16.1. The lowest BCUT2D eigenvalue weighted by Crippen LogP contribution is -2.39. The first-order valence-electron chi connectivity index (χ1n) is 8.61. The summed E-state index contributed by atoms with van der Waals surface area (Å²) in [5.41, 5.74) is 0.457. The van der Waals surface area contributed by atoms with Gasteiger partial charge in [0.2, 0.25) is 0 Å². The fourth-order valence-electron chi connectivity index (χ4n) is 2.45. The molecule has 0 radical (unpaired) electrons. The molecule has 0 saturated heterocycles. The molecular weight excluding hydrogens is 578 g/mol. The first-order chi connectivity index (χ1) is 12.9. The van der Waals surface area contributed by atoms with Crippen molar-refractivity contribution in [2.24, 2.45) is 4.99 Å². The molecular formula is C18H23BrFIN2O3SSi. The van der Waals surface area contributed by atoms with E-state index in [0.29, 0.717) is 15.9 Å². The number of aliphatic imine (C=N–C) groups is 1. The lowest BCUT2D eigenvalue weighted by atomic mass is 9.99. The van der Waals surface area contributed by atoms with Crippen LogP contribution < -0.4 is 0 Å². The SMILES string of the molecule is CC1(c2cc(Br)ccc2F)C=C(I)N=C(N(COCC[Si](C)(C)C)C(=O)O)S1. The first-order valence-corrected chi connectivity index (χ1v) is 15.0. The second kappa shape index (κ2) is 9.58. The van der Waals surface area contributed by atoms with E-state index >= 15 is 0 Å². The molecule has 154 valence electrons. The Kier molecular flexibility index (Phi) is 8.16. The van der Waals surface area contributed by atoms with E-state index in [1.54, 1.807) is 12.1 Å². The van der Waals surface area contributed by atoms with Crippen molar-refractivity contribution in [1.82, 2.24) is 4.90 Å². The van der Waals surface area contributed by atoms with Crippen molar-refractivity contribution < 1.29 is 19.0 Å². The van der Waals surface area contributed by atoms with Crippen LogP contribution in [0.4, 0.5) is 9.18 Å². The summed E-state index contributed by atoms with van der Waals surface area (Å²) in [5, 5.41) is 9.94. The van der Waals surface area contributed by atoms with Crippen LogP contribution in [0, 0.1) is 5.82 Å². The number of hydrogen-bond acceptors (Lipinski definition) is 4. The molecule has 0 aromatic heterocycles. The number of ether oxygens (including phenoxy) is 1.